The van der Waals surface area contributed by atoms with Gasteiger partial charge in [-0.05, 0) is 0 Å². The predicted molar refractivity (Wildman–Crippen MR) is 42.7 cm³/mol. The molecule has 1 fully saturated rings. The van der Waals surface area contributed by atoms with Crippen LogP contribution in [-0.4, -0.2) is 42.9 Å². The van der Waals surface area contributed by atoms with Crippen molar-refractivity contribution < 1.29 is 14.3 Å². The molecular formula is C8H13NO3. The van der Waals surface area contributed by atoms with Crippen molar-refractivity contribution in [2.75, 3.05) is 13.7 Å². The van der Waals surface area contributed by atoms with Gasteiger partial charge in [-0.15, -0.1) is 0 Å². The molecule has 0 unspecified atom stereocenters. The molecular weight excluding hydrogens is 158 g/mol. The minimum atomic E-state index is -0.285. The third-order valence-electron chi connectivity index (χ3n) is 2.20. The van der Waals surface area contributed by atoms with Gasteiger partial charge in [-0.25, -0.2) is 0 Å². The number of nitrogens with zero attached hydrogens (tertiary/aromatic N) is 1. The molecule has 1 aliphatic heterocycles. The molecule has 0 N–H and O–H groups in total. The zero-order chi connectivity index (χ0) is 9.14. The van der Waals surface area contributed by atoms with E-state index in [1.165, 1.54) is 6.92 Å². The standard InChI is InChI=1S/C8H13NO3/c1-6(11)9-4-8(12-2)3-7(9)5-10/h5,7-8H,3-4H2,1-2H3/t7-,8-/m1/s1. The van der Waals surface area contributed by atoms with E-state index >= 15 is 0 Å². The first-order valence-corrected chi connectivity index (χ1v) is 3.94. The molecule has 0 aromatic carbocycles. The lowest BCUT2D eigenvalue weighted by Gasteiger charge is -2.17. The van der Waals surface area contributed by atoms with Crippen LogP contribution < -0.4 is 0 Å². The summed E-state index contributed by atoms with van der Waals surface area (Å²) in [6.07, 6.45) is 1.45. The summed E-state index contributed by atoms with van der Waals surface area (Å²) in [6, 6.07) is -0.285. The number of likely N-dealkylation sites (tertiary alicyclic amines) is 1. The van der Waals surface area contributed by atoms with Crippen LogP contribution in [-0.2, 0) is 14.3 Å². The molecule has 4 nitrogen and oxygen atoms in total. The lowest BCUT2D eigenvalue weighted by Crippen LogP contribution is -2.34. The van der Waals surface area contributed by atoms with Crippen LogP contribution in [0.1, 0.15) is 13.3 Å². The van der Waals surface area contributed by atoms with Gasteiger partial charge in [0.05, 0.1) is 12.1 Å². The molecule has 0 aliphatic carbocycles. The molecule has 12 heavy (non-hydrogen) atoms. The number of carbonyl (C=O) groups is 2. The molecule has 0 saturated carbocycles. The van der Waals surface area contributed by atoms with Gasteiger partial charge >= 0.3 is 0 Å². The van der Waals surface area contributed by atoms with Crippen molar-refractivity contribution in [1.29, 1.82) is 0 Å². The second-order valence-electron chi connectivity index (χ2n) is 2.97. The fraction of sp³-hybridized carbons (Fsp3) is 0.750. The Labute approximate surface area is 71.5 Å². The topological polar surface area (TPSA) is 46.6 Å². The van der Waals surface area contributed by atoms with Crippen LogP contribution >= 0.6 is 0 Å². The average molecular weight is 171 g/mol. The van der Waals surface area contributed by atoms with E-state index < -0.39 is 0 Å². The highest BCUT2D eigenvalue weighted by atomic mass is 16.5. The van der Waals surface area contributed by atoms with E-state index in [1.54, 1.807) is 12.0 Å². The zero-order valence-electron chi connectivity index (χ0n) is 7.32. The van der Waals surface area contributed by atoms with Gasteiger partial charge in [0.2, 0.25) is 5.91 Å². The maximum atomic E-state index is 11.0. The minimum absolute atomic E-state index is 0.0177. The van der Waals surface area contributed by atoms with Gasteiger partial charge in [-0.1, -0.05) is 0 Å². The van der Waals surface area contributed by atoms with Crippen molar-refractivity contribution in [3.05, 3.63) is 0 Å². The molecule has 2 atom stereocenters. The number of methoxy groups -OCH3 is 1. The molecule has 1 heterocycles. The van der Waals surface area contributed by atoms with Crippen LogP contribution in [0, 0.1) is 0 Å². The minimum Gasteiger partial charge on any atom is -0.380 e. The van der Waals surface area contributed by atoms with Crippen LogP contribution in [0.5, 0.6) is 0 Å². The summed E-state index contributed by atoms with van der Waals surface area (Å²) in [5.41, 5.74) is 0. The Balaban J connectivity index is 2.62. The van der Waals surface area contributed by atoms with Gasteiger partial charge in [0.1, 0.15) is 6.29 Å². The van der Waals surface area contributed by atoms with E-state index in [0.29, 0.717) is 13.0 Å². The van der Waals surface area contributed by atoms with Crippen molar-refractivity contribution >= 4 is 12.2 Å². The highest BCUT2D eigenvalue weighted by Crippen LogP contribution is 2.18. The molecule has 0 aromatic rings. The van der Waals surface area contributed by atoms with Crippen molar-refractivity contribution in [3.63, 3.8) is 0 Å². The SMILES string of the molecule is CO[C@@H]1C[C@H](C=O)N(C(C)=O)C1. The summed E-state index contributed by atoms with van der Waals surface area (Å²) >= 11 is 0. The molecule has 1 rings (SSSR count). The third kappa shape index (κ3) is 1.64. The Bertz CT molecular complexity index is 193. The van der Waals surface area contributed by atoms with Crippen LogP contribution in [0.3, 0.4) is 0 Å². The second-order valence-corrected chi connectivity index (χ2v) is 2.97. The Morgan fingerprint density at radius 1 is 1.67 bits per heavy atom. The number of carbonyl (C=O) groups excluding carboxylic acids is 2. The molecule has 1 saturated heterocycles. The first-order chi connectivity index (χ1) is 5.69. The molecule has 4 heteroatoms. The Morgan fingerprint density at radius 2 is 2.33 bits per heavy atom. The van der Waals surface area contributed by atoms with Crippen LogP contribution in [0.25, 0.3) is 0 Å². The summed E-state index contributed by atoms with van der Waals surface area (Å²) < 4.78 is 5.07. The van der Waals surface area contributed by atoms with Gasteiger partial charge in [-0.2, -0.15) is 0 Å². The zero-order valence-corrected chi connectivity index (χ0v) is 7.32. The predicted octanol–water partition coefficient (Wildman–Crippen LogP) is -0.179. The number of aldehydes is 1. The van der Waals surface area contributed by atoms with Gasteiger partial charge in [0, 0.05) is 27.0 Å². The fourth-order valence-corrected chi connectivity index (χ4v) is 1.49. The van der Waals surface area contributed by atoms with Crippen molar-refractivity contribution in [1.82, 2.24) is 4.90 Å². The smallest absolute Gasteiger partial charge is 0.220 e. The lowest BCUT2D eigenvalue weighted by molar-refractivity contribution is -0.132. The largest absolute Gasteiger partial charge is 0.380 e. The summed E-state index contributed by atoms with van der Waals surface area (Å²) in [5, 5.41) is 0. The number of rotatable bonds is 2. The fourth-order valence-electron chi connectivity index (χ4n) is 1.49. The summed E-state index contributed by atoms with van der Waals surface area (Å²) in [4.78, 5) is 23.1. The van der Waals surface area contributed by atoms with Crippen molar-refractivity contribution in [3.8, 4) is 0 Å². The maximum Gasteiger partial charge on any atom is 0.220 e. The third-order valence-corrected chi connectivity index (χ3v) is 2.20. The van der Waals surface area contributed by atoms with Gasteiger partial charge in [0.25, 0.3) is 0 Å². The highest BCUT2D eigenvalue weighted by molar-refractivity contribution is 5.78. The number of amides is 1. The summed E-state index contributed by atoms with van der Waals surface area (Å²) in [5.74, 6) is -0.0633. The molecule has 1 aliphatic rings. The molecule has 68 valence electrons. The molecule has 0 aromatic heterocycles. The normalized spacial score (nSPS) is 29.0. The molecule has 0 spiro atoms. The van der Waals surface area contributed by atoms with Crippen LogP contribution in [0.4, 0.5) is 0 Å². The van der Waals surface area contributed by atoms with Gasteiger partial charge < -0.3 is 14.4 Å². The molecule has 1 amide bonds. The van der Waals surface area contributed by atoms with Crippen molar-refractivity contribution in [2.24, 2.45) is 0 Å². The van der Waals surface area contributed by atoms with Gasteiger partial charge in [0.15, 0.2) is 0 Å². The van der Waals surface area contributed by atoms with Crippen molar-refractivity contribution in [2.45, 2.75) is 25.5 Å². The van der Waals surface area contributed by atoms with Crippen LogP contribution in [0.2, 0.25) is 0 Å². The first-order valence-electron chi connectivity index (χ1n) is 3.94. The summed E-state index contributed by atoms with van der Waals surface area (Å²) in [6.45, 7) is 2.00. The van der Waals surface area contributed by atoms with E-state index in [2.05, 4.69) is 0 Å². The Hall–Kier alpha value is -0.900. The van der Waals surface area contributed by atoms with E-state index in [0.717, 1.165) is 6.29 Å². The first kappa shape index (κ1) is 9.19. The van der Waals surface area contributed by atoms with E-state index in [9.17, 15) is 9.59 Å². The molecule has 0 bridgehead atoms. The monoisotopic (exact) mass is 171 g/mol. The molecule has 0 radical (unpaired) electrons. The van der Waals surface area contributed by atoms with Gasteiger partial charge in [-0.3, -0.25) is 4.79 Å². The number of hydrogen-bond acceptors (Lipinski definition) is 3. The van der Waals surface area contributed by atoms with E-state index in [4.69, 9.17) is 4.74 Å². The number of hydrogen-bond donors (Lipinski definition) is 0. The lowest BCUT2D eigenvalue weighted by atomic mass is 10.2. The van der Waals surface area contributed by atoms with Crippen LogP contribution in [0.15, 0.2) is 0 Å². The number of ether oxygens (including phenoxy) is 1. The Morgan fingerprint density at radius 3 is 2.67 bits per heavy atom. The second kappa shape index (κ2) is 3.67. The Kier molecular flexibility index (Phi) is 2.81. The maximum absolute atomic E-state index is 11.0. The summed E-state index contributed by atoms with van der Waals surface area (Å²) in [7, 11) is 1.59. The highest BCUT2D eigenvalue weighted by Gasteiger charge is 2.33. The van der Waals surface area contributed by atoms with E-state index in [-0.39, 0.29) is 18.1 Å². The quantitative estimate of drug-likeness (QED) is 0.541. The average Bonchev–Trinajstić information content (AvgIpc) is 2.47. The van der Waals surface area contributed by atoms with E-state index in [1.807, 2.05) is 0 Å².